The number of ether oxygens (including phenoxy) is 1. The van der Waals surface area contributed by atoms with Crippen LogP contribution in [-0.2, 0) is 4.74 Å². The SMILES string of the molecule is COCCNC(=O)c1cc(NC(=O)NC2CCCCC2)ccc1N(C)C. The highest BCUT2D eigenvalue weighted by Crippen LogP contribution is 2.23. The molecule has 2 rings (SSSR count). The molecule has 0 radical (unpaired) electrons. The Kier molecular flexibility index (Phi) is 7.72. The first-order valence-electron chi connectivity index (χ1n) is 9.17. The van der Waals surface area contributed by atoms with Crippen molar-refractivity contribution in [1.82, 2.24) is 10.6 Å². The molecule has 1 aromatic rings. The third kappa shape index (κ3) is 5.91. The van der Waals surface area contributed by atoms with E-state index in [1.807, 2.05) is 31.1 Å². The molecule has 0 saturated heterocycles. The maximum atomic E-state index is 12.5. The van der Waals surface area contributed by atoms with E-state index in [-0.39, 0.29) is 18.0 Å². The van der Waals surface area contributed by atoms with Gasteiger partial charge in [-0.3, -0.25) is 4.79 Å². The van der Waals surface area contributed by atoms with Gasteiger partial charge in [-0.1, -0.05) is 19.3 Å². The number of rotatable bonds is 7. The van der Waals surface area contributed by atoms with E-state index in [0.29, 0.717) is 24.4 Å². The number of hydrogen-bond donors (Lipinski definition) is 3. The van der Waals surface area contributed by atoms with Crippen LogP contribution < -0.4 is 20.9 Å². The van der Waals surface area contributed by atoms with Crippen molar-refractivity contribution in [1.29, 1.82) is 0 Å². The fraction of sp³-hybridized carbons (Fsp3) is 0.579. The molecule has 7 nitrogen and oxygen atoms in total. The zero-order valence-electron chi connectivity index (χ0n) is 15.9. The first-order valence-corrected chi connectivity index (χ1v) is 9.17. The van der Waals surface area contributed by atoms with Crippen LogP contribution in [0, 0.1) is 0 Å². The number of nitrogens with one attached hydrogen (secondary N) is 3. The van der Waals surface area contributed by atoms with Crippen LogP contribution in [0.4, 0.5) is 16.2 Å². The molecule has 26 heavy (non-hydrogen) atoms. The van der Waals surface area contributed by atoms with Gasteiger partial charge in [-0.15, -0.1) is 0 Å². The largest absolute Gasteiger partial charge is 0.383 e. The van der Waals surface area contributed by atoms with Crippen LogP contribution in [0.3, 0.4) is 0 Å². The molecule has 1 aromatic carbocycles. The van der Waals surface area contributed by atoms with Crippen molar-refractivity contribution >= 4 is 23.3 Å². The van der Waals surface area contributed by atoms with Crippen molar-refractivity contribution < 1.29 is 14.3 Å². The van der Waals surface area contributed by atoms with Gasteiger partial charge in [0.1, 0.15) is 0 Å². The van der Waals surface area contributed by atoms with Crippen molar-refractivity contribution in [3.05, 3.63) is 23.8 Å². The van der Waals surface area contributed by atoms with E-state index in [9.17, 15) is 9.59 Å². The minimum atomic E-state index is -0.222. The first-order chi connectivity index (χ1) is 12.5. The third-order valence-corrected chi connectivity index (χ3v) is 4.51. The number of nitrogens with zero attached hydrogens (tertiary/aromatic N) is 1. The van der Waals surface area contributed by atoms with Crippen molar-refractivity contribution in [2.45, 2.75) is 38.1 Å². The lowest BCUT2D eigenvalue weighted by atomic mass is 9.96. The normalized spacial score (nSPS) is 14.6. The Bertz CT molecular complexity index is 613. The van der Waals surface area contributed by atoms with Crippen molar-refractivity contribution in [3.63, 3.8) is 0 Å². The van der Waals surface area contributed by atoms with Gasteiger partial charge in [0.15, 0.2) is 0 Å². The molecule has 7 heteroatoms. The molecular weight excluding hydrogens is 332 g/mol. The number of carbonyl (C=O) groups is 2. The average Bonchev–Trinajstić information content (AvgIpc) is 2.62. The number of hydrogen-bond acceptors (Lipinski definition) is 4. The number of urea groups is 1. The summed E-state index contributed by atoms with van der Waals surface area (Å²) in [6.07, 6.45) is 5.62. The van der Waals surface area contributed by atoms with E-state index in [1.165, 1.54) is 6.42 Å². The highest BCUT2D eigenvalue weighted by molar-refractivity contribution is 6.01. The Morgan fingerprint density at radius 3 is 2.58 bits per heavy atom. The zero-order chi connectivity index (χ0) is 18.9. The Morgan fingerprint density at radius 2 is 1.92 bits per heavy atom. The fourth-order valence-electron chi connectivity index (χ4n) is 3.15. The number of amides is 3. The van der Waals surface area contributed by atoms with Gasteiger partial charge in [-0.2, -0.15) is 0 Å². The number of anilines is 2. The van der Waals surface area contributed by atoms with Crippen molar-refractivity contribution in [2.24, 2.45) is 0 Å². The molecule has 1 saturated carbocycles. The Morgan fingerprint density at radius 1 is 1.19 bits per heavy atom. The fourth-order valence-corrected chi connectivity index (χ4v) is 3.15. The second kappa shape index (κ2) is 10.0. The van der Waals surface area contributed by atoms with Crippen LogP contribution in [0.1, 0.15) is 42.5 Å². The van der Waals surface area contributed by atoms with E-state index in [0.717, 1.165) is 31.4 Å². The lowest BCUT2D eigenvalue weighted by molar-refractivity contribution is 0.0937. The minimum absolute atomic E-state index is 0.193. The van der Waals surface area contributed by atoms with Crippen molar-refractivity contribution in [2.75, 3.05) is 44.6 Å². The maximum Gasteiger partial charge on any atom is 0.319 e. The molecule has 144 valence electrons. The quantitative estimate of drug-likeness (QED) is 0.651. The molecule has 1 fully saturated rings. The van der Waals surface area contributed by atoms with Crippen LogP contribution >= 0.6 is 0 Å². The highest BCUT2D eigenvalue weighted by atomic mass is 16.5. The zero-order valence-corrected chi connectivity index (χ0v) is 15.9. The number of methoxy groups -OCH3 is 1. The molecule has 1 aliphatic carbocycles. The van der Waals surface area contributed by atoms with E-state index in [4.69, 9.17) is 4.74 Å². The second-order valence-electron chi connectivity index (χ2n) is 6.81. The molecule has 0 atom stereocenters. The van der Waals surface area contributed by atoms with Gasteiger partial charge < -0.3 is 25.6 Å². The summed E-state index contributed by atoms with van der Waals surface area (Å²) in [6.45, 7) is 0.882. The van der Waals surface area contributed by atoms with Crippen molar-refractivity contribution in [3.8, 4) is 0 Å². The molecule has 0 aromatic heterocycles. The summed E-state index contributed by atoms with van der Waals surface area (Å²) in [4.78, 5) is 26.6. The summed E-state index contributed by atoms with van der Waals surface area (Å²) in [5.74, 6) is -0.193. The average molecular weight is 362 g/mol. The highest BCUT2D eigenvalue weighted by Gasteiger charge is 2.17. The smallest absolute Gasteiger partial charge is 0.319 e. The first kappa shape index (κ1) is 20.0. The maximum absolute atomic E-state index is 12.5. The molecule has 3 N–H and O–H groups in total. The van der Waals surface area contributed by atoms with Gasteiger partial charge in [0.25, 0.3) is 5.91 Å². The molecule has 0 bridgehead atoms. The van der Waals surface area contributed by atoms with Gasteiger partial charge in [0.05, 0.1) is 12.2 Å². The third-order valence-electron chi connectivity index (χ3n) is 4.51. The van der Waals surface area contributed by atoms with Gasteiger partial charge in [-0.05, 0) is 31.0 Å². The standard InChI is InChI=1S/C19H30N4O3/c1-23(2)17-10-9-15(13-16(17)18(24)20-11-12-26-3)22-19(25)21-14-7-5-4-6-8-14/h9-10,13-14H,4-8,11-12H2,1-3H3,(H,20,24)(H2,21,22,25). The van der Waals surface area contributed by atoms with E-state index in [1.54, 1.807) is 13.2 Å². The lowest BCUT2D eigenvalue weighted by Gasteiger charge is -2.23. The van der Waals surface area contributed by atoms with Gasteiger partial charge in [-0.25, -0.2) is 4.79 Å². The Labute approximate surface area is 155 Å². The van der Waals surface area contributed by atoms with E-state index >= 15 is 0 Å². The van der Waals surface area contributed by atoms with Gasteiger partial charge in [0.2, 0.25) is 0 Å². The molecule has 1 aliphatic rings. The predicted octanol–water partition coefficient (Wildman–Crippen LogP) is 2.58. The van der Waals surface area contributed by atoms with Crippen LogP contribution in [0.25, 0.3) is 0 Å². The summed E-state index contributed by atoms with van der Waals surface area (Å²) < 4.78 is 4.96. The molecule has 0 aliphatic heterocycles. The molecule has 0 heterocycles. The summed E-state index contributed by atoms with van der Waals surface area (Å²) in [6, 6.07) is 5.36. The summed E-state index contributed by atoms with van der Waals surface area (Å²) in [7, 11) is 5.35. The second-order valence-corrected chi connectivity index (χ2v) is 6.81. The van der Waals surface area contributed by atoms with Crippen LogP contribution in [-0.4, -0.2) is 52.3 Å². The van der Waals surface area contributed by atoms with Crippen LogP contribution in [0.15, 0.2) is 18.2 Å². The molecule has 0 spiro atoms. The topological polar surface area (TPSA) is 82.7 Å². The number of carbonyl (C=O) groups excluding carboxylic acids is 2. The van der Waals surface area contributed by atoms with Gasteiger partial charge in [0, 0.05) is 45.2 Å². The lowest BCUT2D eigenvalue weighted by Crippen LogP contribution is -2.39. The minimum Gasteiger partial charge on any atom is -0.383 e. The Hall–Kier alpha value is -2.28. The van der Waals surface area contributed by atoms with E-state index in [2.05, 4.69) is 16.0 Å². The molecule has 3 amide bonds. The Balaban J connectivity index is 2.05. The summed E-state index contributed by atoms with van der Waals surface area (Å²) >= 11 is 0. The monoisotopic (exact) mass is 362 g/mol. The van der Waals surface area contributed by atoms with Crippen LogP contribution in [0.5, 0.6) is 0 Å². The predicted molar refractivity (Wildman–Crippen MR) is 104 cm³/mol. The van der Waals surface area contributed by atoms with Crippen LogP contribution in [0.2, 0.25) is 0 Å². The summed E-state index contributed by atoms with van der Waals surface area (Å²) in [5, 5.41) is 8.68. The molecule has 0 unspecified atom stereocenters. The summed E-state index contributed by atoms with van der Waals surface area (Å²) in [5.41, 5.74) is 1.90. The van der Waals surface area contributed by atoms with Gasteiger partial charge >= 0.3 is 6.03 Å². The molecular formula is C19H30N4O3. The van der Waals surface area contributed by atoms with E-state index < -0.39 is 0 Å². The number of benzene rings is 1.